The molecule has 0 spiro atoms. The van der Waals surface area contributed by atoms with Crippen molar-refractivity contribution >= 4 is 50.0 Å². The van der Waals surface area contributed by atoms with Gasteiger partial charge in [0.15, 0.2) is 5.82 Å². The molecule has 4 aromatic rings. The van der Waals surface area contributed by atoms with E-state index in [1.165, 1.54) is 0 Å². The number of hydrogen-bond donors (Lipinski definition) is 1. The second-order valence-corrected chi connectivity index (χ2v) is 8.73. The lowest BCUT2D eigenvalue weighted by Crippen LogP contribution is -2.38. The molecule has 8 heteroatoms. The van der Waals surface area contributed by atoms with Gasteiger partial charge in [0.05, 0.1) is 23.7 Å². The predicted molar refractivity (Wildman–Crippen MR) is 131 cm³/mol. The molecule has 0 aliphatic carbocycles. The summed E-state index contributed by atoms with van der Waals surface area (Å²) in [7, 11) is 1.63. The Kier molecular flexibility index (Phi) is 5.61. The van der Waals surface area contributed by atoms with Gasteiger partial charge < -0.3 is 24.3 Å². The average Bonchev–Trinajstić information content (AvgIpc) is 3.16. The summed E-state index contributed by atoms with van der Waals surface area (Å²) in [6.07, 6.45) is 2.95. The summed E-state index contributed by atoms with van der Waals surface area (Å²) in [5.41, 5.74) is 3.85. The summed E-state index contributed by atoms with van der Waals surface area (Å²) in [6, 6.07) is 17.6. The predicted octanol–water partition coefficient (Wildman–Crippen LogP) is 5.00. The third-order valence-electron chi connectivity index (χ3n) is 5.83. The number of benzene rings is 2. The van der Waals surface area contributed by atoms with Gasteiger partial charge in [-0.3, -0.25) is 0 Å². The molecule has 5 rings (SSSR count). The van der Waals surface area contributed by atoms with Gasteiger partial charge in [-0.25, -0.2) is 9.78 Å². The minimum atomic E-state index is -0.0831. The second kappa shape index (κ2) is 8.70. The van der Waals surface area contributed by atoms with Crippen LogP contribution in [0.5, 0.6) is 5.75 Å². The fourth-order valence-corrected chi connectivity index (χ4v) is 4.53. The zero-order chi connectivity index (χ0) is 22.1. The van der Waals surface area contributed by atoms with Crippen LogP contribution < -0.4 is 15.0 Å². The van der Waals surface area contributed by atoms with Gasteiger partial charge >= 0.3 is 6.03 Å². The quantitative estimate of drug-likeness (QED) is 0.436. The molecule has 0 unspecified atom stereocenters. The van der Waals surface area contributed by atoms with Crippen LogP contribution in [-0.2, 0) is 0 Å². The molecule has 2 aromatic heterocycles. The summed E-state index contributed by atoms with van der Waals surface area (Å²) in [6.45, 7) is 2.91. The van der Waals surface area contributed by atoms with Crippen LogP contribution in [0.4, 0.5) is 16.3 Å². The third kappa shape index (κ3) is 3.98. The minimum Gasteiger partial charge on any atom is -0.497 e. The first-order chi connectivity index (χ1) is 15.6. The normalized spacial score (nSPS) is 14.6. The van der Waals surface area contributed by atoms with Crippen LogP contribution in [0.15, 0.2) is 65.3 Å². The smallest absolute Gasteiger partial charge is 0.321 e. The molecule has 0 atom stereocenters. The minimum absolute atomic E-state index is 0.0831. The van der Waals surface area contributed by atoms with Crippen LogP contribution in [0, 0.1) is 0 Å². The average molecular weight is 494 g/mol. The number of rotatable bonds is 3. The van der Waals surface area contributed by atoms with Crippen molar-refractivity contribution in [2.45, 2.75) is 6.42 Å². The first-order valence-electron chi connectivity index (χ1n) is 10.6. The Hall–Kier alpha value is -3.26. The SMILES string of the molecule is COc1ccc(NC(=O)N2CCCN(c3nc4cc(Br)ccc4n4cccc34)CC2)cc1. The van der Waals surface area contributed by atoms with E-state index < -0.39 is 0 Å². The van der Waals surface area contributed by atoms with E-state index in [9.17, 15) is 4.79 Å². The van der Waals surface area contributed by atoms with E-state index in [1.54, 1.807) is 7.11 Å². The van der Waals surface area contributed by atoms with Crippen LogP contribution in [0.2, 0.25) is 0 Å². The molecule has 1 N–H and O–H groups in total. The highest BCUT2D eigenvalue weighted by molar-refractivity contribution is 9.10. The number of anilines is 2. The lowest BCUT2D eigenvalue weighted by atomic mass is 10.3. The Balaban J connectivity index is 1.35. The number of fused-ring (bicyclic) bond motifs is 3. The largest absolute Gasteiger partial charge is 0.497 e. The molecule has 2 aromatic carbocycles. The molecule has 0 saturated carbocycles. The van der Waals surface area contributed by atoms with E-state index in [4.69, 9.17) is 9.72 Å². The van der Waals surface area contributed by atoms with Crippen LogP contribution in [0.1, 0.15) is 6.42 Å². The lowest BCUT2D eigenvalue weighted by Gasteiger charge is -2.24. The van der Waals surface area contributed by atoms with E-state index >= 15 is 0 Å². The highest BCUT2D eigenvalue weighted by atomic mass is 79.9. The van der Waals surface area contributed by atoms with Crippen LogP contribution in [-0.4, -0.2) is 53.6 Å². The van der Waals surface area contributed by atoms with Gasteiger partial charge in [0.2, 0.25) is 0 Å². The van der Waals surface area contributed by atoms with Gasteiger partial charge in [0.25, 0.3) is 0 Å². The van der Waals surface area contributed by atoms with Crippen LogP contribution in [0.25, 0.3) is 16.6 Å². The maximum atomic E-state index is 12.8. The molecule has 1 fully saturated rings. The molecular weight excluding hydrogens is 470 g/mol. The van der Waals surface area contributed by atoms with Crippen LogP contribution >= 0.6 is 15.9 Å². The Labute approximate surface area is 194 Å². The van der Waals surface area contributed by atoms with Crippen molar-refractivity contribution in [2.75, 3.05) is 43.5 Å². The van der Waals surface area contributed by atoms with Crippen molar-refractivity contribution in [3.63, 3.8) is 0 Å². The Morgan fingerprint density at radius 2 is 1.88 bits per heavy atom. The molecule has 1 aliphatic rings. The fraction of sp³-hybridized carbons (Fsp3) is 0.250. The topological polar surface area (TPSA) is 62.1 Å². The number of hydrogen-bond acceptors (Lipinski definition) is 4. The number of amides is 2. The first-order valence-corrected chi connectivity index (χ1v) is 11.4. The summed E-state index contributed by atoms with van der Waals surface area (Å²) in [5, 5.41) is 2.99. The van der Waals surface area contributed by atoms with Gasteiger partial charge in [0, 0.05) is 42.5 Å². The first kappa shape index (κ1) is 20.6. The van der Waals surface area contributed by atoms with Gasteiger partial charge in [-0.2, -0.15) is 0 Å². The number of urea groups is 1. The maximum absolute atomic E-state index is 12.8. The number of nitrogens with one attached hydrogen (secondary N) is 1. The number of aromatic nitrogens is 2. The maximum Gasteiger partial charge on any atom is 0.321 e. The van der Waals surface area contributed by atoms with Crippen molar-refractivity contribution in [2.24, 2.45) is 0 Å². The lowest BCUT2D eigenvalue weighted by molar-refractivity contribution is 0.215. The number of carbonyl (C=O) groups is 1. The molecule has 32 heavy (non-hydrogen) atoms. The number of halogens is 1. The monoisotopic (exact) mass is 493 g/mol. The zero-order valence-corrected chi connectivity index (χ0v) is 19.4. The van der Waals surface area contributed by atoms with Crippen molar-refractivity contribution in [1.82, 2.24) is 14.3 Å². The third-order valence-corrected chi connectivity index (χ3v) is 6.32. The van der Waals surface area contributed by atoms with Gasteiger partial charge in [-0.15, -0.1) is 0 Å². The molecule has 7 nitrogen and oxygen atoms in total. The highest BCUT2D eigenvalue weighted by Gasteiger charge is 2.22. The van der Waals surface area contributed by atoms with Gasteiger partial charge in [0.1, 0.15) is 5.75 Å². The number of ether oxygens (including phenoxy) is 1. The zero-order valence-electron chi connectivity index (χ0n) is 17.8. The van der Waals surface area contributed by atoms with Crippen molar-refractivity contribution in [3.05, 3.63) is 65.3 Å². The number of nitrogens with zero attached hydrogens (tertiary/aromatic N) is 4. The Bertz CT molecular complexity index is 1270. The standard InChI is InChI=1S/C24H24BrN5O2/c1-32-19-8-6-18(7-9-19)26-24(31)29-12-3-11-28(14-15-29)23-22-4-2-13-30(22)21-10-5-17(25)16-20(21)27-23/h2,4-10,13,16H,3,11-12,14-15H2,1H3,(H,26,31). The summed E-state index contributed by atoms with van der Waals surface area (Å²) in [4.78, 5) is 22.0. The highest BCUT2D eigenvalue weighted by Crippen LogP contribution is 2.28. The number of methoxy groups -OCH3 is 1. The molecule has 2 amide bonds. The van der Waals surface area contributed by atoms with E-state index in [0.29, 0.717) is 13.1 Å². The Morgan fingerprint density at radius 1 is 1.03 bits per heavy atom. The van der Waals surface area contributed by atoms with E-state index in [0.717, 1.165) is 57.8 Å². The van der Waals surface area contributed by atoms with Crippen LogP contribution in [0.3, 0.4) is 0 Å². The van der Waals surface area contributed by atoms with Gasteiger partial charge in [-0.05, 0) is 61.0 Å². The summed E-state index contributed by atoms with van der Waals surface area (Å²) < 4.78 is 8.37. The number of carbonyl (C=O) groups excluding carboxylic acids is 1. The Morgan fingerprint density at radius 3 is 2.69 bits per heavy atom. The summed E-state index contributed by atoms with van der Waals surface area (Å²) >= 11 is 3.56. The summed E-state index contributed by atoms with van der Waals surface area (Å²) in [5.74, 6) is 1.72. The van der Waals surface area contributed by atoms with Gasteiger partial charge in [-0.1, -0.05) is 15.9 Å². The molecule has 3 heterocycles. The molecule has 0 radical (unpaired) electrons. The fourth-order valence-electron chi connectivity index (χ4n) is 4.18. The molecule has 0 bridgehead atoms. The second-order valence-electron chi connectivity index (χ2n) is 7.82. The van der Waals surface area contributed by atoms with E-state index in [-0.39, 0.29) is 6.03 Å². The molecule has 164 valence electrons. The molecule has 1 aliphatic heterocycles. The van der Waals surface area contributed by atoms with E-state index in [1.807, 2.05) is 41.3 Å². The molecular formula is C24H24BrN5O2. The molecule has 1 saturated heterocycles. The van der Waals surface area contributed by atoms with Crippen molar-refractivity contribution < 1.29 is 9.53 Å². The van der Waals surface area contributed by atoms with Crippen molar-refractivity contribution in [3.8, 4) is 5.75 Å². The van der Waals surface area contributed by atoms with Crippen molar-refractivity contribution in [1.29, 1.82) is 0 Å². The van der Waals surface area contributed by atoms with E-state index in [2.05, 4.69) is 54.9 Å².